The molecule has 0 bridgehead atoms. The first-order valence-electron chi connectivity index (χ1n) is 10.7. The average molecular weight is 392 g/mol. The third-order valence-electron chi connectivity index (χ3n) is 5.98. The largest absolute Gasteiger partial charge is 0.342 e. The Bertz CT molecular complexity index is 858. The van der Waals surface area contributed by atoms with Gasteiger partial charge in [-0.05, 0) is 67.3 Å². The first kappa shape index (κ1) is 19.5. The summed E-state index contributed by atoms with van der Waals surface area (Å²) in [5, 5.41) is 5.87. The first-order chi connectivity index (χ1) is 14.2. The zero-order valence-electron chi connectivity index (χ0n) is 16.8. The van der Waals surface area contributed by atoms with Gasteiger partial charge in [-0.25, -0.2) is 4.79 Å². The summed E-state index contributed by atoms with van der Waals surface area (Å²) in [6.07, 6.45) is 6.89. The minimum absolute atomic E-state index is 0.103. The molecule has 1 fully saturated rings. The summed E-state index contributed by atoms with van der Waals surface area (Å²) in [5.74, 6) is 0.188. The Kier molecular flexibility index (Phi) is 6.13. The summed E-state index contributed by atoms with van der Waals surface area (Å²) in [5.41, 5.74) is 4.78. The standard InChI is InChI=1S/C24H29N3O2/c28-23(17-18-10-11-19-6-4-5-7-20(19)16-18)27-14-12-22(13-15-27)26-24(29)25-21-8-2-1-3-9-21/h1-3,8-11,16,22H,4-7,12-15,17H2,(H2,25,26,29). The SMILES string of the molecule is O=C(Nc1ccccc1)NC1CCN(C(=O)Cc2ccc3c(c2)CCCC3)CC1. The molecule has 2 aromatic rings. The van der Waals surface area contributed by atoms with E-state index in [9.17, 15) is 9.59 Å². The Morgan fingerprint density at radius 1 is 0.931 bits per heavy atom. The monoisotopic (exact) mass is 391 g/mol. The van der Waals surface area contributed by atoms with E-state index >= 15 is 0 Å². The van der Waals surface area contributed by atoms with Crippen molar-refractivity contribution in [3.63, 3.8) is 0 Å². The van der Waals surface area contributed by atoms with Crippen LogP contribution >= 0.6 is 0 Å². The van der Waals surface area contributed by atoms with E-state index in [1.54, 1.807) is 0 Å². The van der Waals surface area contributed by atoms with E-state index in [0.717, 1.165) is 30.5 Å². The molecule has 1 heterocycles. The number of anilines is 1. The number of nitrogens with zero attached hydrogens (tertiary/aromatic N) is 1. The number of benzene rings is 2. The topological polar surface area (TPSA) is 61.4 Å². The molecule has 1 aliphatic heterocycles. The van der Waals surface area contributed by atoms with Crippen molar-refractivity contribution in [2.75, 3.05) is 18.4 Å². The number of nitrogens with one attached hydrogen (secondary N) is 2. The molecule has 2 aromatic carbocycles. The number of hydrogen-bond acceptors (Lipinski definition) is 2. The van der Waals surface area contributed by atoms with Crippen molar-refractivity contribution in [3.05, 3.63) is 65.2 Å². The summed E-state index contributed by atoms with van der Waals surface area (Å²) < 4.78 is 0. The minimum Gasteiger partial charge on any atom is -0.342 e. The second-order valence-corrected chi connectivity index (χ2v) is 8.11. The van der Waals surface area contributed by atoms with Crippen LogP contribution in [0.25, 0.3) is 0 Å². The number of para-hydroxylation sites is 1. The molecule has 5 nitrogen and oxygen atoms in total. The van der Waals surface area contributed by atoms with Crippen LogP contribution < -0.4 is 10.6 Å². The number of carbonyl (C=O) groups excluding carboxylic acids is 2. The van der Waals surface area contributed by atoms with Gasteiger partial charge in [0.15, 0.2) is 0 Å². The van der Waals surface area contributed by atoms with Crippen LogP contribution in [0.4, 0.5) is 10.5 Å². The molecule has 0 saturated carbocycles. The molecule has 0 unspecified atom stereocenters. The van der Waals surface area contributed by atoms with Gasteiger partial charge < -0.3 is 15.5 Å². The Morgan fingerprint density at radius 3 is 2.41 bits per heavy atom. The van der Waals surface area contributed by atoms with Gasteiger partial charge in [0.1, 0.15) is 0 Å². The van der Waals surface area contributed by atoms with Gasteiger partial charge >= 0.3 is 6.03 Å². The third-order valence-corrected chi connectivity index (χ3v) is 5.98. The molecule has 4 rings (SSSR count). The fourth-order valence-corrected chi connectivity index (χ4v) is 4.33. The highest BCUT2D eigenvalue weighted by atomic mass is 16.2. The van der Waals surface area contributed by atoms with Crippen LogP contribution in [0.3, 0.4) is 0 Å². The molecule has 152 valence electrons. The van der Waals surface area contributed by atoms with Gasteiger partial charge in [0.05, 0.1) is 6.42 Å². The van der Waals surface area contributed by atoms with Crippen molar-refractivity contribution in [1.29, 1.82) is 0 Å². The van der Waals surface area contributed by atoms with Crippen LogP contribution in [0.15, 0.2) is 48.5 Å². The Balaban J connectivity index is 1.24. The van der Waals surface area contributed by atoms with E-state index in [-0.39, 0.29) is 18.0 Å². The number of fused-ring (bicyclic) bond motifs is 1. The maximum Gasteiger partial charge on any atom is 0.319 e. The second-order valence-electron chi connectivity index (χ2n) is 8.11. The number of urea groups is 1. The Labute approximate surface area is 172 Å². The highest BCUT2D eigenvalue weighted by Gasteiger charge is 2.24. The van der Waals surface area contributed by atoms with Gasteiger partial charge in [0.2, 0.25) is 5.91 Å². The van der Waals surface area contributed by atoms with Gasteiger partial charge in [-0.2, -0.15) is 0 Å². The molecule has 0 radical (unpaired) electrons. The summed E-state index contributed by atoms with van der Waals surface area (Å²) in [4.78, 5) is 26.8. The summed E-state index contributed by atoms with van der Waals surface area (Å²) in [7, 11) is 0. The average Bonchev–Trinajstić information content (AvgIpc) is 2.75. The van der Waals surface area contributed by atoms with Crippen molar-refractivity contribution in [2.45, 2.75) is 51.0 Å². The number of carbonyl (C=O) groups is 2. The molecule has 2 N–H and O–H groups in total. The fourth-order valence-electron chi connectivity index (χ4n) is 4.33. The van der Waals surface area contributed by atoms with E-state index in [0.29, 0.717) is 19.5 Å². The van der Waals surface area contributed by atoms with Crippen LogP contribution in [-0.4, -0.2) is 36.0 Å². The first-order valence-corrected chi connectivity index (χ1v) is 10.7. The molecule has 5 heteroatoms. The number of aryl methyl sites for hydroxylation is 2. The van der Waals surface area contributed by atoms with Crippen LogP contribution in [0.1, 0.15) is 42.4 Å². The number of rotatable bonds is 4. The molecule has 2 aliphatic rings. The van der Waals surface area contributed by atoms with E-state index in [2.05, 4.69) is 28.8 Å². The van der Waals surface area contributed by atoms with Crippen molar-refractivity contribution >= 4 is 17.6 Å². The lowest BCUT2D eigenvalue weighted by atomic mass is 9.90. The van der Waals surface area contributed by atoms with Gasteiger partial charge in [-0.1, -0.05) is 36.4 Å². The van der Waals surface area contributed by atoms with E-state index in [1.165, 1.54) is 30.4 Å². The maximum absolute atomic E-state index is 12.7. The summed E-state index contributed by atoms with van der Waals surface area (Å²) in [6, 6.07) is 15.9. The van der Waals surface area contributed by atoms with Crippen LogP contribution in [0.5, 0.6) is 0 Å². The van der Waals surface area contributed by atoms with Gasteiger partial charge in [-0.3, -0.25) is 4.79 Å². The van der Waals surface area contributed by atoms with Crippen LogP contribution in [-0.2, 0) is 24.1 Å². The molecule has 0 atom stereocenters. The van der Waals surface area contributed by atoms with E-state index in [4.69, 9.17) is 0 Å². The minimum atomic E-state index is -0.185. The molecule has 1 saturated heterocycles. The zero-order valence-corrected chi connectivity index (χ0v) is 16.8. The highest BCUT2D eigenvalue weighted by Crippen LogP contribution is 2.23. The number of likely N-dealkylation sites (tertiary alicyclic amines) is 1. The lowest BCUT2D eigenvalue weighted by Crippen LogP contribution is -2.47. The van der Waals surface area contributed by atoms with Crippen LogP contribution in [0.2, 0.25) is 0 Å². The Hall–Kier alpha value is -2.82. The molecular weight excluding hydrogens is 362 g/mol. The fraction of sp³-hybridized carbons (Fsp3) is 0.417. The van der Waals surface area contributed by atoms with E-state index < -0.39 is 0 Å². The lowest BCUT2D eigenvalue weighted by molar-refractivity contribution is -0.131. The summed E-state index contributed by atoms with van der Waals surface area (Å²) in [6.45, 7) is 1.39. The van der Waals surface area contributed by atoms with Crippen LogP contribution in [0, 0.1) is 0 Å². The van der Waals surface area contributed by atoms with Crippen molar-refractivity contribution in [1.82, 2.24) is 10.2 Å². The molecular formula is C24H29N3O2. The molecule has 3 amide bonds. The van der Waals surface area contributed by atoms with Crippen molar-refractivity contribution in [2.24, 2.45) is 0 Å². The smallest absolute Gasteiger partial charge is 0.319 e. The zero-order chi connectivity index (χ0) is 20.1. The normalized spacial score (nSPS) is 16.8. The predicted molar refractivity (Wildman–Crippen MR) is 115 cm³/mol. The quantitative estimate of drug-likeness (QED) is 0.830. The number of hydrogen-bond donors (Lipinski definition) is 2. The molecule has 0 spiro atoms. The third kappa shape index (κ3) is 5.17. The van der Waals surface area contributed by atoms with Gasteiger partial charge in [-0.15, -0.1) is 0 Å². The highest BCUT2D eigenvalue weighted by molar-refractivity contribution is 5.89. The number of amides is 3. The van der Waals surface area contributed by atoms with Gasteiger partial charge in [0, 0.05) is 24.8 Å². The molecule has 29 heavy (non-hydrogen) atoms. The number of piperidine rings is 1. The predicted octanol–water partition coefficient (Wildman–Crippen LogP) is 3.92. The molecule has 1 aliphatic carbocycles. The van der Waals surface area contributed by atoms with Crippen molar-refractivity contribution in [3.8, 4) is 0 Å². The van der Waals surface area contributed by atoms with Gasteiger partial charge in [0.25, 0.3) is 0 Å². The van der Waals surface area contributed by atoms with E-state index in [1.807, 2.05) is 35.2 Å². The summed E-state index contributed by atoms with van der Waals surface area (Å²) >= 11 is 0. The lowest BCUT2D eigenvalue weighted by Gasteiger charge is -2.32. The maximum atomic E-state index is 12.7. The Morgan fingerprint density at radius 2 is 1.66 bits per heavy atom. The molecule has 0 aromatic heterocycles. The second kappa shape index (κ2) is 9.12. The van der Waals surface area contributed by atoms with Crippen molar-refractivity contribution < 1.29 is 9.59 Å².